The van der Waals surface area contributed by atoms with Crippen LogP contribution in [0.4, 0.5) is 10.2 Å². The fraction of sp³-hybridized carbons (Fsp3) is 0.273. The minimum Gasteiger partial charge on any atom is -0.363 e. The molecule has 4 nitrogen and oxygen atoms in total. The van der Waals surface area contributed by atoms with E-state index in [1.807, 2.05) is 17.7 Å². The van der Waals surface area contributed by atoms with E-state index in [-0.39, 0.29) is 17.7 Å². The summed E-state index contributed by atoms with van der Waals surface area (Å²) < 4.78 is 15.2. The molecule has 2 aromatic rings. The first-order chi connectivity index (χ1) is 7.75. The SMILES string of the molecule is CC(Cn1ccnc1)Nc1ncccc1F. The molecule has 0 amide bonds. The first kappa shape index (κ1) is 10.6. The quantitative estimate of drug-likeness (QED) is 0.856. The van der Waals surface area contributed by atoms with Crippen LogP contribution in [0.5, 0.6) is 0 Å². The molecule has 2 heterocycles. The second-order valence-corrected chi connectivity index (χ2v) is 3.64. The molecule has 0 saturated carbocycles. The van der Waals surface area contributed by atoms with Gasteiger partial charge in [0.2, 0.25) is 0 Å². The minimum absolute atomic E-state index is 0.0820. The predicted octanol–water partition coefficient (Wildman–Crippen LogP) is 1.92. The van der Waals surface area contributed by atoms with Gasteiger partial charge in [-0.05, 0) is 19.1 Å². The summed E-state index contributed by atoms with van der Waals surface area (Å²) in [5, 5.41) is 3.01. The number of anilines is 1. The molecule has 0 bridgehead atoms. The summed E-state index contributed by atoms with van der Waals surface area (Å²) in [6, 6.07) is 3.04. The molecule has 2 aromatic heterocycles. The van der Waals surface area contributed by atoms with Crippen LogP contribution in [0.15, 0.2) is 37.1 Å². The lowest BCUT2D eigenvalue weighted by Gasteiger charge is -2.15. The lowest BCUT2D eigenvalue weighted by Crippen LogP contribution is -2.22. The van der Waals surface area contributed by atoms with Gasteiger partial charge in [-0.15, -0.1) is 0 Å². The van der Waals surface area contributed by atoms with Gasteiger partial charge >= 0.3 is 0 Å². The molecule has 0 fully saturated rings. The summed E-state index contributed by atoms with van der Waals surface area (Å²) in [6.45, 7) is 2.68. The molecule has 5 heteroatoms. The maximum atomic E-state index is 13.3. The minimum atomic E-state index is -0.333. The van der Waals surface area contributed by atoms with Crippen molar-refractivity contribution >= 4 is 5.82 Å². The van der Waals surface area contributed by atoms with Crippen molar-refractivity contribution in [2.24, 2.45) is 0 Å². The summed E-state index contributed by atoms with van der Waals surface area (Å²) in [7, 11) is 0. The number of hydrogen-bond donors (Lipinski definition) is 1. The summed E-state index contributed by atoms with van der Waals surface area (Å²) >= 11 is 0. The average Bonchev–Trinajstić information content (AvgIpc) is 2.74. The zero-order valence-corrected chi connectivity index (χ0v) is 8.97. The lowest BCUT2D eigenvalue weighted by atomic mass is 10.3. The van der Waals surface area contributed by atoms with Crippen molar-refractivity contribution in [3.05, 3.63) is 42.9 Å². The van der Waals surface area contributed by atoms with Gasteiger partial charge in [0.1, 0.15) is 0 Å². The Bertz CT molecular complexity index is 441. The first-order valence-corrected chi connectivity index (χ1v) is 5.08. The summed E-state index contributed by atoms with van der Waals surface area (Å²) in [6.07, 6.45) is 6.88. The molecule has 0 aliphatic heterocycles. The number of nitrogens with zero attached hydrogens (tertiary/aromatic N) is 3. The number of imidazole rings is 1. The van der Waals surface area contributed by atoms with E-state index in [1.165, 1.54) is 6.07 Å². The number of hydrogen-bond acceptors (Lipinski definition) is 3. The van der Waals surface area contributed by atoms with E-state index in [4.69, 9.17) is 0 Å². The smallest absolute Gasteiger partial charge is 0.165 e. The van der Waals surface area contributed by atoms with Crippen LogP contribution >= 0.6 is 0 Å². The zero-order chi connectivity index (χ0) is 11.4. The number of aromatic nitrogens is 3. The van der Waals surface area contributed by atoms with E-state index in [2.05, 4.69) is 15.3 Å². The molecule has 0 aromatic carbocycles. The van der Waals surface area contributed by atoms with Crippen molar-refractivity contribution < 1.29 is 4.39 Å². The third-order valence-electron chi connectivity index (χ3n) is 2.19. The number of pyridine rings is 1. The van der Waals surface area contributed by atoms with Crippen molar-refractivity contribution in [2.75, 3.05) is 5.32 Å². The number of nitrogens with one attached hydrogen (secondary N) is 1. The largest absolute Gasteiger partial charge is 0.363 e. The first-order valence-electron chi connectivity index (χ1n) is 5.08. The molecule has 1 N–H and O–H groups in total. The van der Waals surface area contributed by atoms with E-state index < -0.39 is 0 Å². The molecule has 0 radical (unpaired) electrons. The van der Waals surface area contributed by atoms with Crippen LogP contribution in [-0.2, 0) is 6.54 Å². The van der Waals surface area contributed by atoms with E-state index in [9.17, 15) is 4.39 Å². The van der Waals surface area contributed by atoms with Crippen LogP contribution in [0.2, 0.25) is 0 Å². The maximum absolute atomic E-state index is 13.3. The van der Waals surface area contributed by atoms with Crippen LogP contribution in [0, 0.1) is 5.82 Å². The molecule has 1 atom stereocenters. The van der Waals surface area contributed by atoms with Gasteiger partial charge in [-0.3, -0.25) is 0 Å². The van der Waals surface area contributed by atoms with Gasteiger partial charge in [0.25, 0.3) is 0 Å². The van der Waals surface area contributed by atoms with Crippen molar-refractivity contribution in [3.8, 4) is 0 Å². The van der Waals surface area contributed by atoms with Crippen LogP contribution in [0.3, 0.4) is 0 Å². The van der Waals surface area contributed by atoms with Crippen molar-refractivity contribution in [1.82, 2.24) is 14.5 Å². The lowest BCUT2D eigenvalue weighted by molar-refractivity contribution is 0.594. The Hall–Kier alpha value is -1.91. The Morgan fingerprint density at radius 1 is 1.50 bits per heavy atom. The second kappa shape index (κ2) is 4.74. The molecular formula is C11H13FN4. The highest BCUT2D eigenvalue weighted by Crippen LogP contribution is 2.10. The Morgan fingerprint density at radius 2 is 2.38 bits per heavy atom. The molecular weight excluding hydrogens is 207 g/mol. The van der Waals surface area contributed by atoms with Crippen molar-refractivity contribution in [3.63, 3.8) is 0 Å². The van der Waals surface area contributed by atoms with Gasteiger partial charge in [-0.25, -0.2) is 14.4 Å². The third kappa shape index (κ3) is 2.56. The average molecular weight is 220 g/mol. The van der Waals surface area contributed by atoms with E-state index in [0.717, 1.165) is 6.54 Å². The monoisotopic (exact) mass is 220 g/mol. The molecule has 0 saturated heterocycles. The number of rotatable bonds is 4. The van der Waals surface area contributed by atoms with Gasteiger partial charge in [0, 0.05) is 31.2 Å². The fourth-order valence-electron chi connectivity index (χ4n) is 1.48. The van der Waals surface area contributed by atoms with E-state index >= 15 is 0 Å². The summed E-state index contributed by atoms with van der Waals surface area (Å²) in [5.74, 6) is -0.0462. The molecule has 1 unspecified atom stereocenters. The van der Waals surface area contributed by atoms with E-state index in [0.29, 0.717) is 0 Å². The fourth-order valence-corrected chi connectivity index (χ4v) is 1.48. The van der Waals surface area contributed by atoms with Crippen molar-refractivity contribution in [2.45, 2.75) is 19.5 Å². The highest BCUT2D eigenvalue weighted by atomic mass is 19.1. The maximum Gasteiger partial charge on any atom is 0.165 e. The molecule has 0 spiro atoms. The summed E-state index contributed by atoms with van der Waals surface area (Å²) in [5.41, 5.74) is 0. The van der Waals surface area contributed by atoms with E-state index in [1.54, 1.807) is 24.8 Å². The highest BCUT2D eigenvalue weighted by molar-refractivity contribution is 5.36. The Labute approximate surface area is 93.2 Å². The zero-order valence-electron chi connectivity index (χ0n) is 8.97. The second-order valence-electron chi connectivity index (χ2n) is 3.64. The topological polar surface area (TPSA) is 42.7 Å². The van der Waals surface area contributed by atoms with Crippen LogP contribution < -0.4 is 5.32 Å². The standard InChI is InChI=1S/C11H13FN4/c1-9(7-16-6-5-13-8-16)15-11-10(12)3-2-4-14-11/h2-6,8-9H,7H2,1H3,(H,14,15). The normalized spacial score (nSPS) is 12.4. The van der Waals surface area contributed by atoms with Crippen LogP contribution in [-0.4, -0.2) is 20.6 Å². The van der Waals surface area contributed by atoms with Gasteiger partial charge in [0.05, 0.1) is 6.33 Å². The van der Waals surface area contributed by atoms with Gasteiger partial charge in [0.15, 0.2) is 11.6 Å². The third-order valence-corrected chi connectivity index (χ3v) is 2.19. The molecule has 16 heavy (non-hydrogen) atoms. The molecule has 2 rings (SSSR count). The Balaban J connectivity index is 1.97. The van der Waals surface area contributed by atoms with Gasteiger partial charge in [-0.2, -0.15) is 0 Å². The summed E-state index contributed by atoms with van der Waals surface area (Å²) in [4.78, 5) is 7.88. The number of halogens is 1. The molecule has 84 valence electrons. The van der Waals surface area contributed by atoms with Crippen LogP contribution in [0.1, 0.15) is 6.92 Å². The van der Waals surface area contributed by atoms with Gasteiger partial charge in [-0.1, -0.05) is 0 Å². The Kier molecular flexibility index (Phi) is 3.14. The predicted molar refractivity (Wildman–Crippen MR) is 59.5 cm³/mol. The van der Waals surface area contributed by atoms with Crippen LogP contribution in [0.25, 0.3) is 0 Å². The highest BCUT2D eigenvalue weighted by Gasteiger charge is 2.07. The van der Waals surface area contributed by atoms with Gasteiger partial charge < -0.3 is 9.88 Å². The Morgan fingerprint density at radius 3 is 3.06 bits per heavy atom. The molecule has 0 aliphatic carbocycles. The molecule has 0 aliphatic rings. The van der Waals surface area contributed by atoms with Crippen molar-refractivity contribution in [1.29, 1.82) is 0 Å².